The quantitative estimate of drug-likeness (QED) is 0.816. The van der Waals surface area contributed by atoms with Gasteiger partial charge in [-0.05, 0) is 23.3 Å². The maximum absolute atomic E-state index is 10.6. The number of carbonyl (C=O) groups excluding carboxylic acids is 1. The fourth-order valence-corrected chi connectivity index (χ4v) is 2.04. The van der Waals surface area contributed by atoms with E-state index in [4.69, 9.17) is 16.2 Å². The summed E-state index contributed by atoms with van der Waals surface area (Å²) < 4.78 is 5.11. The molecule has 0 heterocycles. The Hall–Kier alpha value is -2.17. The summed E-state index contributed by atoms with van der Waals surface area (Å²) >= 11 is 0. The van der Waals surface area contributed by atoms with Gasteiger partial charge in [0.05, 0.1) is 7.11 Å². The molecular weight excluding hydrogens is 252 g/mol. The van der Waals surface area contributed by atoms with Crippen LogP contribution in [0.1, 0.15) is 33.6 Å². The Morgan fingerprint density at radius 2 is 1.35 bits per heavy atom. The normalized spacial score (nSPS) is 13.6. The van der Waals surface area contributed by atoms with Gasteiger partial charge >= 0.3 is 0 Å². The summed E-state index contributed by atoms with van der Waals surface area (Å²) in [5, 5.41) is 0. The average Bonchev–Trinajstić information content (AvgIpc) is 2.53. The van der Waals surface area contributed by atoms with Crippen molar-refractivity contribution in [3.05, 3.63) is 65.2 Å². The zero-order chi connectivity index (χ0) is 14.5. The molecule has 0 aliphatic heterocycles. The number of aldehydes is 1. The fraction of sp³-hybridized carbons (Fsp3) is 0.188. The largest absolute Gasteiger partial charge is 0.497 e. The fourth-order valence-electron chi connectivity index (χ4n) is 2.04. The second-order valence-electron chi connectivity index (χ2n) is 4.61. The van der Waals surface area contributed by atoms with E-state index >= 15 is 0 Å². The van der Waals surface area contributed by atoms with Crippen molar-refractivity contribution in [3.8, 4) is 5.75 Å². The maximum Gasteiger partial charge on any atom is 0.150 e. The Morgan fingerprint density at radius 1 is 0.900 bits per heavy atom. The van der Waals surface area contributed by atoms with Crippen LogP contribution in [-0.2, 0) is 0 Å². The number of benzene rings is 2. The van der Waals surface area contributed by atoms with Crippen LogP contribution in [-0.4, -0.2) is 13.4 Å². The summed E-state index contributed by atoms with van der Waals surface area (Å²) in [6.45, 7) is 0. The van der Waals surface area contributed by atoms with E-state index in [1.54, 1.807) is 19.2 Å². The lowest BCUT2D eigenvalue weighted by Gasteiger charge is -2.21. The van der Waals surface area contributed by atoms with Gasteiger partial charge in [-0.25, -0.2) is 0 Å². The maximum atomic E-state index is 10.6. The van der Waals surface area contributed by atoms with E-state index in [2.05, 4.69) is 0 Å². The van der Waals surface area contributed by atoms with Gasteiger partial charge in [0.25, 0.3) is 0 Å². The zero-order valence-electron chi connectivity index (χ0n) is 11.3. The van der Waals surface area contributed by atoms with Crippen molar-refractivity contribution in [1.82, 2.24) is 0 Å². The minimum Gasteiger partial charge on any atom is -0.497 e. The molecule has 104 valence electrons. The van der Waals surface area contributed by atoms with Crippen LogP contribution in [0.15, 0.2) is 48.5 Å². The van der Waals surface area contributed by atoms with Crippen LogP contribution in [0.5, 0.6) is 5.75 Å². The van der Waals surface area contributed by atoms with E-state index in [1.807, 2.05) is 36.4 Å². The summed E-state index contributed by atoms with van der Waals surface area (Å²) in [6.07, 6.45) is 0.804. The monoisotopic (exact) mass is 270 g/mol. The Balaban J connectivity index is 2.17. The lowest BCUT2D eigenvalue weighted by atomic mass is 9.94. The average molecular weight is 270 g/mol. The van der Waals surface area contributed by atoms with Crippen LogP contribution in [0, 0.1) is 0 Å². The van der Waals surface area contributed by atoms with E-state index in [9.17, 15) is 4.79 Å². The summed E-state index contributed by atoms with van der Waals surface area (Å²) in [4.78, 5) is 10.6. The molecule has 0 saturated carbocycles. The van der Waals surface area contributed by atoms with Gasteiger partial charge in [0.1, 0.15) is 12.0 Å². The zero-order valence-corrected chi connectivity index (χ0v) is 11.3. The van der Waals surface area contributed by atoms with Gasteiger partial charge < -0.3 is 16.2 Å². The van der Waals surface area contributed by atoms with Crippen LogP contribution in [0.4, 0.5) is 0 Å². The highest BCUT2D eigenvalue weighted by molar-refractivity contribution is 5.74. The van der Waals surface area contributed by atoms with Gasteiger partial charge in [0, 0.05) is 17.6 Å². The van der Waals surface area contributed by atoms with Gasteiger partial charge in [0.15, 0.2) is 0 Å². The number of hydrogen-bond acceptors (Lipinski definition) is 4. The van der Waals surface area contributed by atoms with Crippen molar-refractivity contribution in [3.63, 3.8) is 0 Å². The molecule has 2 unspecified atom stereocenters. The third-order valence-corrected chi connectivity index (χ3v) is 3.35. The topological polar surface area (TPSA) is 78.3 Å². The molecule has 0 amide bonds. The summed E-state index contributed by atoms with van der Waals surface area (Å²) in [5.74, 6) is 0.782. The van der Waals surface area contributed by atoms with Gasteiger partial charge in [-0.1, -0.05) is 36.4 Å². The minimum absolute atomic E-state index is 0.317. The van der Waals surface area contributed by atoms with Crippen molar-refractivity contribution in [1.29, 1.82) is 0 Å². The van der Waals surface area contributed by atoms with E-state index in [0.29, 0.717) is 5.56 Å². The highest BCUT2D eigenvalue weighted by atomic mass is 16.5. The van der Waals surface area contributed by atoms with Gasteiger partial charge in [0.2, 0.25) is 0 Å². The van der Waals surface area contributed by atoms with Gasteiger partial charge in [-0.15, -0.1) is 0 Å². The van der Waals surface area contributed by atoms with E-state index in [-0.39, 0.29) is 12.1 Å². The van der Waals surface area contributed by atoms with E-state index < -0.39 is 0 Å². The smallest absolute Gasteiger partial charge is 0.150 e. The van der Waals surface area contributed by atoms with Crippen molar-refractivity contribution in [2.45, 2.75) is 12.1 Å². The third kappa shape index (κ3) is 3.04. The van der Waals surface area contributed by atoms with Crippen LogP contribution < -0.4 is 16.2 Å². The molecule has 0 fully saturated rings. The van der Waals surface area contributed by atoms with E-state index in [0.717, 1.165) is 23.2 Å². The molecule has 0 saturated heterocycles. The lowest BCUT2D eigenvalue weighted by Crippen LogP contribution is -2.26. The molecule has 4 heteroatoms. The molecule has 0 spiro atoms. The first kappa shape index (κ1) is 14.2. The number of methoxy groups -OCH3 is 1. The lowest BCUT2D eigenvalue weighted by molar-refractivity contribution is 0.112. The summed E-state index contributed by atoms with van der Waals surface area (Å²) in [6, 6.07) is 14.0. The Bertz CT molecular complexity index is 564. The molecule has 20 heavy (non-hydrogen) atoms. The minimum atomic E-state index is -0.330. The third-order valence-electron chi connectivity index (χ3n) is 3.35. The standard InChI is InChI=1S/C16H18N2O2/c1-20-14-8-6-13(7-9-14)16(18)15(17)12-4-2-11(10-19)3-5-12/h2-10,15-16H,17-18H2,1H3. The molecule has 2 aromatic rings. The molecular formula is C16H18N2O2. The predicted octanol–water partition coefficient (Wildman–Crippen LogP) is 2.21. The summed E-state index contributed by atoms with van der Waals surface area (Å²) in [5.41, 5.74) is 14.9. The first-order valence-electron chi connectivity index (χ1n) is 6.36. The molecule has 0 bridgehead atoms. The summed E-state index contributed by atoms with van der Waals surface area (Å²) in [7, 11) is 1.62. The number of nitrogens with two attached hydrogens (primary N) is 2. The Kier molecular flexibility index (Phi) is 4.50. The molecule has 2 atom stereocenters. The highest BCUT2D eigenvalue weighted by Crippen LogP contribution is 2.26. The van der Waals surface area contributed by atoms with Gasteiger partial charge in [-0.2, -0.15) is 0 Å². The number of hydrogen-bond donors (Lipinski definition) is 2. The van der Waals surface area contributed by atoms with Crippen molar-refractivity contribution in [2.24, 2.45) is 11.5 Å². The molecule has 0 aliphatic rings. The number of rotatable bonds is 5. The molecule has 0 radical (unpaired) electrons. The second-order valence-corrected chi connectivity index (χ2v) is 4.61. The van der Waals surface area contributed by atoms with Crippen LogP contribution in [0.3, 0.4) is 0 Å². The van der Waals surface area contributed by atoms with E-state index in [1.165, 1.54) is 0 Å². The van der Waals surface area contributed by atoms with Crippen LogP contribution >= 0.6 is 0 Å². The van der Waals surface area contributed by atoms with Gasteiger partial charge in [-0.3, -0.25) is 4.79 Å². The van der Waals surface area contributed by atoms with Crippen molar-refractivity contribution >= 4 is 6.29 Å². The van der Waals surface area contributed by atoms with Crippen molar-refractivity contribution < 1.29 is 9.53 Å². The predicted molar refractivity (Wildman–Crippen MR) is 78.7 cm³/mol. The number of ether oxygens (including phenoxy) is 1. The first-order valence-corrected chi connectivity index (χ1v) is 6.36. The molecule has 4 N–H and O–H groups in total. The first-order chi connectivity index (χ1) is 9.65. The Labute approximate surface area is 118 Å². The molecule has 2 rings (SSSR count). The SMILES string of the molecule is COc1ccc(C(N)C(N)c2ccc(C=O)cc2)cc1. The Morgan fingerprint density at radius 3 is 1.75 bits per heavy atom. The molecule has 4 nitrogen and oxygen atoms in total. The van der Waals surface area contributed by atoms with Crippen LogP contribution in [0.25, 0.3) is 0 Å². The second kappa shape index (κ2) is 6.32. The number of carbonyl (C=O) groups is 1. The molecule has 0 aliphatic carbocycles. The molecule has 2 aromatic carbocycles. The van der Waals surface area contributed by atoms with Crippen molar-refractivity contribution in [2.75, 3.05) is 7.11 Å². The van der Waals surface area contributed by atoms with Crippen LogP contribution in [0.2, 0.25) is 0 Å². The highest BCUT2D eigenvalue weighted by Gasteiger charge is 2.17. The molecule has 0 aromatic heterocycles.